The number of rotatable bonds is 9. The van der Waals surface area contributed by atoms with Crippen LogP contribution in [0.15, 0.2) is 49.1 Å². The largest absolute Gasteiger partial charge is 0.463 e. The van der Waals surface area contributed by atoms with Gasteiger partial charge in [0, 0.05) is 5.56 Å². The van der Waals surface area contributed by atoms with Crippen molar-refractivity contribution in [3.8, 4) is 0 Å². The molecule has 0 fully saturated rings. The standard InChI is InChI=1S/C19H25N2O4/c1-3-4-8-13-24-19(23)18(16-9-6-5-7-10-16)25-17(22)14-21-12-11-20(2)15-21/h5-7,9-12,15,18H,3-4,8,13-14H2,1-2H3/q+1. The van der Waals surface area contributed by atoms with Gasteiger partial charge in [0.05, 0.1) is 13.7 Å². The monoisotopic (exact) mass is 345 g/mol. The van der Waals surface area contributed by atoms with Crippen LogP contribution in [0.1, 0.15) is 37.9 Å². The summed E-state index contributed by atoms with van der Waals surface area (Å²) in [7, 11) is 1.86. The van der Waals surface area contributed by atoms with Crippen molar-refractivity contribution >= 4 is 11.9 Å². The zero-order valence-corrected chi connectivity index (χ0v) is 14.8. The summed E-state index contributed by atoms with van der Waals surface area (Å²) in [5.41, 5.74) is 0.606. The van der Waals surface area contributed by atoms with Crippen LogP contribution in [0.3, 0.4) is 0 Å². The van der Waals surface area contributed by atoms with Gasteiger partial charge in [-0.3, -0.25) is 0 Å². The van der Waals surface area contributed by atoms with Gasteiger partial charge in [0.15, 0.2) is 6.54 Å². The zero-order valence-electron chi connectivity index (χ0n) is 14.8. The van der Waals surface area contributed by atoms with E-state index in [9.17, 15) is 9.59 Å². The predicted molar refractivity (Wildman–Crippen MR) is 91.4 cm³/mol. The minimum absolute atomic E-state index is 0.0350. The Labute approximate surface area is 148 Å². The van der Waals surface area contributed by atoms with Crippen LogP contribution in [0.5, 0.6) is 0 Å². The van der Waals surface area contributed by atoms with Crippen molar-refractivity contribution in [3.05, 3.63) is 54.6 Å². The average Bonchev–Trinajstić information content (AvgIpc) is 3.02. The van der Waals surface area contributed by atoms with Crippen LogP contribution in [0.2, 0.25) is 0 Å². The maximum absolute atomic E-state index is 12.4. The van der Waals surface area contributed by atoms with E-state index in [-0.39, 0.29) is 6.54 Å². The molecule has 1 aromatic heterocycles. The molecule has 0 radical (unpaired) electrons. The topological polar surface area (TPSA) is 61.4 Å². The maximum Gasteiger partial charge on any atom is 0.352 e. The molecule has 0 amide bonds. The molecule has 1 atom stereocenters. The summed E-state index contributed by atoms with van der Waals surface area (Å²) >= 11 is 0. The number of ether oxygens (including phenoxy) is 2. The van der Waals surface area contributed by atoms with Crippen molar-refractivity contribution in [2.24, 2.45) is 7.05 Å². The molecule has 0 saturated carbocycles. The molecule has 0 aliphatic carbocycles. The molecule has 0 aliphatic heterocycles. The molecule has 0 bridgehead atoms. The van der Waals surface area contributed by atoms with Gasteiger partial charge >= 0.3 is 11.9 Å². The van der Waals surface area contributed by atoms with Crippen LogP contribution in [0.4, 0.5) is 0 Å². The Bertz CT molecular complexity index is 682. The summed E-state index contributed by atoms with van der Waals surface area (Å²) in [5, 5.41) is 0. The lowest BCUT2D eigenvalue weighted by Crippen LogP contribution is -2.26. The Morgan fingerprint density at radius 2 is 1.96 bits per heavy atom. The number of esters is 2. The highest BCUT2D eigenvalue weighted by atomic mass is 16.6. The average molecular weight is 345 g/mol. The smallest absolute Gasteiger partial charge is 0.352 e. The molecule has 134 valence electrons. The third kappa shape index (κ3) is 6.06. The van der Waals surface area contributed by atoms with Crippen LogP contribution >= 0.6 is 0 Å². The molecule has 2 rings (SSSR count). The summed E-state index contributed by atoms with van der Waals surface area (Å²) in [6, 6.07) is 8.94. The summed E-state index contributed by atoms with van der Waals surface area (Å²) in [5.74, 6) is -1.02. The highest BCUT2D eigenvalue weighted by Crippen LogP contribution is 2.20. The van der Waals surface area contributed by atoms with Crippen molar-refractivity contribution in [1.82, 2.24) is 4.57 Å². The quantitative estimate of drug-likeness (QED) is 0.398. The van der Waals surface area contributed by atoms with Crippen LogP contribution in [0, 0.1) is 0 Å². The van der Waals surface area contributed by atoms with Crippen molar-refractivity contribution in [2.75, 3.05) is 6.61 Å². The van der Waals surface area contributed by atoms with Gasteiger partial charge in [0.1, 0.15) is 12.4 Å². The molecule has 0 aliphatic rings. The molecule has 1 aromatic carbocycles. The second-order valence-electron chi connectivity index (χ2n) is 5.91. The number of hydrogen-bond acceptors (Lipinski definition) is 4. The lowest BCUT2D eigenvalue weighted by atomic mass is 10.1. The first kappa shape index (κ1) is 18.7. The van der Waals surface area contributed by atoms with E-state index in [0.717, 1.165) is 19.3 Å². The molecular formula is C19H25N2O4+. The van der Waals surface area contributed by atoms with Gasteiger partial charge in [-0.2, -0.15) is 0 Å². The van der Waals surface area contributed by atoms with E-state index >= 15 is 0 Å². The van der Waals surface area contributed by atoms with Gasteiger partial charge in [-0.15, -0.1) is 0 Å². The molecule has 0 spiro atoms. The van der Waals surface area contributed by atoms with Gasteiger partial charge in [0.25, 0.3) is 0 Å². The highest BCUT2D eigenvalue weighted by Gasteiger charge is 2.27. The molecule has 25 heavy (non-hydrogen) atoms. The molecule has 0 N–H and O–H groups in total. The molecule has 6 heteroatoms. The maximum atomic E-state index is 12.4. The predicted octanol–water partition coefficient (Wildman–Crippen LogP) is 2.33. The third-order valence-corrected chi connectivity index (χ3v) is 3.69. The number of imidazole rings is 1. The van der Waals surface area contributed by atoms with Crippen molar-refractivity contribution in [3.63, 3.8) is 0 Å². The van der Waals surface area contributed by atoms with E-state index in [1.165, 1.54) is 0 Å². The van der Waals surface area contributed by atoms with Crippen LogP contribution in [0.25, 0.3) is 0 Å². The normalized spacial score (nSPS) is 11.8. The summed E-state index contributed by atoms with van der Waals surface area (Å²) in [6.07, 6.45) is 7.15. The van der Waals surface area contributed by atoms with Gasteiger partial charge in [-0.05, 0) is 6.42 Å². The van der Waals surface area contributed by atoms with Crippen molar-refractivity contribution in [1.29, 1.82) is 0 Å². The fourth-order valence-electron chi connectivity index (χ4n) is 2.39. The Balaban J connectivity index is 2.01. The number of carbonyl (C=O) groups is 2. The highest BCUT2D eigenvalue weighted by molar-refractivity contribution is 5.80. The first-order valence-electron chi connectivity index (χ1n) is 8.52. The lowest BCUT2D eigenvalue weighted by Gasteiger charge is -2.16. The first-order chi connectivity index (χ1) is 12.1. The summed E-state index contributed by atoms with van der Waals surface area (Å²) in [4.78, 5) is 24.6. The number of carbonyl (C=O) groups excluding carboxylic acids is 2. The third-order valence-electron chi connectivity index (χ3n) is 3.69. The fraction of sp³-hybridized carbons (Fsp3) is 0.421. The number of unbranched alkanes of at least 4 members (excludes halogenated alkanes) is 2. The molecule has 1 heterocycles. The second-order valence-corrected chi connectivity index (χ2v) is 5.91. The van der Waals surface area contributed by atoms with Crippen LogP contribution < -0.4 is 4.57 Å². The second kappa shape index (κ2) is 9.61. The van der Waals surface area contributed by atoms with Crippen LogP contribution in [-0.2, 0) is 32.7 Å². The number of aromatic nitrogens is 2. The molecule has 6 nitrogen and oxygen atoms in total. The van der Waals surface area contributed by atoms with E-state index < -0.39 is 18.0 Å². The minimum Gasteiger partial charge on any atom is -0.463 e. The summed E-state index contributed by atoms with van der Waals surface area (Å²) < 4.78 is 14.2. The van der Waals surface area contributed by atoms with Crippen LogP contribution in [-0.4, -0.2) is 23.1 Å². The fourth-order valence-corrected chi connectivity index (χ4v) is 2.39. The molecule has 1 unspecified atom stereocenters. The number of aryl methyl sites for hydroxylation is 1. The van der Waals surface area contributed by atoms with Gasteiger partial charge < -0.3 is 9.47 Å². The first-order valence-corrected chi connectivity index (χ1v) is 8.52. The molecular weight excluding hydrogens is 320 g/mol. The Kier molecular flexibility index (Phi) is 7.19. The Morgan fingerprint density at radius 1 is 1.20 bits per heavy atom. The number of nitrogens with zero attached hydrogens (tertiary/aromatic N) is 2. The van der Waals surface area contributed by atoms with Gasteiger partial charge in [-0.1, -0.05) is 50.1 Å². The van der Waals surface area contributed by atoms with Gasteiger partial charge in [-0.25, -0.2) is 18.7 Å². The van der Waals surface area contributed by atoms with Crippen molar-refractivity contribution in [2.45, 2.75) is 38.8 Å². The lowest BCUT2D eigenvalue weighted by molar-refractivity contribution is -0.671. The summed E-state index contributed by atoms with van der Waals surface area (Å²) in [6.45, 7) is 2.45. The number of hydrogen-bond donors (Lipinski definition) is 0. The zero-order chi connectivity index (χ0) is 18.1. The van der Waals surface area contributed by atoms with E-state index in [1.54, 1.807) is 41.4 Å². The van der Waals surface area contributed by atoms with Crippen molar-refractivity contribution < 1.29 is 23.6 Å². The molecule has 0 saturated heterocycles. The van der Waals surface area contributed by atoms with Gasteiger partial charge in [0.2, 0.25) is 12.4 Å². The van der Waals surface area contributed by atoms with E-state index in [1.807, 2.05) is 23.9 Å². The minimum atomic E-state index is -1.04. The Hall–Kier alpha value is -2.63. The van der Waals surface area contributed by atoms with E-state index in [4.69, 9.17) is 9.47 Å². The molecule has 2 aromatic rings. The SMILES string of the molecule is CCCCCOC(=O)C(OC(=O)Cn1cc[n+](C)c1)c1ccccc1. The Morgan fingerprint density at radius 3 is 2.60 bits per heavy atom. The van der Waals surface area contributed by atoms with E-state index in [0.29, 0.717) is 12.2 Å². The number of benzene rings is 1. The van der Waals surface area contributed by atoms with E-state index in [2.05, 4.69) is 6.92 Å².